The van der Waals surface area contributed by atoms with Crippen molar-refractivity contribution in [3.8, 4) is 0 Å². The highest BCUT2D eigenvalue weighted by Crippen LogP contribution is 2.04. The summed E-state index contributed by atoms with van der Waals surface area (Å²) in [4.78, 5) is 0. The minimum Gasteiger partial charge on any atom is -0.264 e. The number of hydrogen-bond donors (Lipinski definition) is 0. The molecule has 0 fully saturated rings. The van der Waals surface area contributed by atoms with Crippen LogP contribution < -0.4 is 0 Å². The first-order chi connectivity index (χ1) is 6.75. The molecule has 0 aliphatic rings. The molecule has 0 aliphatic carbocycles. The van der Waals surface area contributed by atoms with E-state index in [2.05, 4.69) is 15.3 Å². The average Bonchev–Trinajstić information content (AvgIpc) is 2.56. The lowest BCUT2D eigenvalue weighted by molar-refractivity contribution is 0.644. The standard InChI is InChI=1S/C9H9ClN4/c1-7-4-5-11-14(7)6-8-2-3-9(10)13-12-8/h2-5H,6H2,1H3. The molecule has 0 aliphatic heterocycles. The molecule has 2 aromatic heterocycles. The van der Waals surface area contributed by atoms with Gasteiger partial charge in [0, 0.05) is 11.9 Å². The molecule has 0 aromatic carbocycles. The van der Waals surface area contributed by atoms with E-state index < -0.39 is 0 Å². The van der Waals surface area contributed by atoms with Gasteiger partial charge in [-0.15, -0.1) is 5.10 Å². The number of aromatic nitrogens is 4. The van der Waals surface area contributed by atoms with Crippen LogP contribution in [0.4, 0.5) is 0 Å². The second-order valence-electron chi connectivity index (χ2n) is 2.98. The molecule has 0 radical (unpaired) electrons. The summed E-state index contributed by atoms with van der Waals surface area (Å²) >= 11 is 5.63. The molecule has 72 valence electrons. The number of hydrogen-bond acceptors (Lipinski definition) is 3. The van der Waals surface area contributed by atoms with Crippen molar-refractivity contribution in [2.75, 3.05) is 0 Å². The molecular formula is C9H9ClN4. The first-order valence-electron chi connectivity index (χ1n) is 4.22. The van der Waals surface area contributed by atoms with Gasteiger partial charge in [0.1, 0.15) is 0 Å². The quantitative estimate of drug-likeness (QED) is 0.754. The van der Waals surface area contributed by atoms with Crippen LogP contribution in [0, 0.1) is 6.92 Å². The highest BCUT2D eigenvalue weighted by atomic mass is 35.5. The van der Waals surface area contributed by atoms with E-state index in [0.29, 0.717) is 11.7 Å². The van der Waals surface area contributed by atoms with Crippen LogP contribution in [0.15, 0.2) is 24.4 Å². The van der Waals surface area contributed by atoms with E-state index in [0.717, 1.165) is 11.4 Å². The van der Waals surface area contributed by atoms with Gasteiger partial charge >= 0.3 is 0 Å². The van der Waals surface area contributed by atoms with E-state index in [1.807, 2.05) is 23.7 Å². The third-order valence-electron chi connectivity index (χ3n) is 1.93. The van der Waals surface area contributed by atoms with Gasteiger partial charge in [0.15, 0.2) is 5.15 Å². The maximum atomic E-state index is 5.63. The zero-order valence-corrected chi connectivity index (χ0v) is 8.44. The molecule has 0 atom stereocenters. The Morgan fingerprint density at radius 2 is 2.14 bits per heavy atom. The zero-order chi connectivity index (χ0) is 9.97. The molecule has 2 heterocycles. The van der Waals surface area contributed by atoms with Gasteiger partial charge < -0.3 is 0 Å². The van der Waals surface area contributed by atoms with E-state index in [9.17, 15) is 0 Å². The van der Waals surface area contributed by atoms with E-state index in [-0.39, 0.29) is 0 Å². The van der Waals surface area contributed by atoms with E-state index in [4.69, 9.17) is 11.6 Å². The maximum absolute atomic E-state index is 5.63. The van der Waals surface area contributed by atoms with Gasteiger partial charge in [-0.3, -0.25) is 4.68 Å². The molecular weight excluding hydrogens is 200 g/mol. The van der Waals surface area contributed by atoms with Crippen LogP contribution in [0.5, 0.6) is 0 Å². The number of aryl methyl sites for hydroxylation is 1. The van der Waals surface area contributed by atoms with Crippen molar-refractivity contribution in [3.63, 3.8) is 0 Å². The third kappa shape index (κ3) is 1.90. The Bertz CT molecular complexity index is 421. The Balaban J connectivity index is 2.19. The molecule has 5 heteroatoms. The molecule has 0 saturated carbocycles. The second-order valence-corrected chi connectivity index (χ2v) is 3.36. The fourth-order valence-corrected chi connectivity index (χ4v) is 1.25. The first kappa shape index (κ1) is 9.15. The van der Waals surface area contributed by atoms with Gasteiger partial charge in [-0.25, -0.2) is 0 Å². The monoisotopic (exact) mass is 208 g/mol. The van der Waals surface area contributed by atoms with Gasteiger partial charge in [-0.2, -0.15) is 10.2 Å². The molecule has 4 nitrogen and oxygen atoms in total. The summed E-state index contributed by atoms with van der Waals surface area (Å²) in [7, 11) is 0. The van der Waals surface area contributed by atoms with Crippen molar-refractivity contribution in [3.05, 3.63) is 40.9 Å². The molecule has 2 aromatic rings. The summed E-state index contributed by atoms with van der Waals surface area (Å²) in [5.74, 6) is 0. The van der Waals surface area contributed by atoms with E-state index in [1.165, 1.54) is 0 Å². The van der Waals surface area contributed by atoms with Crippen LogP contribution >= 0.6 is 11.6 Å². The molecule has 0 amide bonds. The normalized spacial score (nSPS) is 10.4. The molecule has 14 heavy (non-hydrogen) atoms. The van der Waals surface area contributed by atoms with Crippen LogP contribution in [0.1, 0.15) is 11.4 Å². The average molecular weight is 209 g/mol. The lowest BCUT2D eigenvalue weighted by atomic mass is 10.4. The number of nitrogens with zero attached hydrogens (tertiary/aromatic N) is 4. The molecule has 0 bridgehead atoms. The van der Waals surface area contributed by atoms with Gasteiger partial charge in [-0.05, 0) is 25.1 Å². The zero-order valence-electron chi connectivity index (χ0n) is 7.68. The predicted octanol–water partition coefficient (Wildman–Crippen LogP) is 1.68. The van der Waals surface area contributed by atoms with Crippen LogP contribution in [0.2, 0.25) is 5.15 Å². The minimum atomic E-state index is 0.408. The second kappa shape index (κ2) is 3.75. The molecule has 0 N–H and O–H groups in total. The summed E-state index contributed by atoms with van der Waals surface area (Å²) in [5.41, 5.74) is 1.95. The summed E-state index contributed by atoms with van der Waals surface area (Å²) in [6, 6.07) is 5.52. The SMILES string of the molecule is Cc1ccnn1Cc1ccc(Cl)nn1. The number of halogens is 1. The smallest absolute Gasteiger partial charge is 0.151 e. The molecule has 2 rings (SSSR count). The molecule has 0 spiro atoms. The summed E-state index contributed by atoms with van der Waals surface area (Å²) in [6.07, 6.45) is 1.76. The summed E-state index contributed by atoms with van der Waals surface area (Å²) < 4.78 is 1.86. The fraction of sp³-hybridized carbons (Fsp3) is 0.222. The Morgan fingerprint density at radius 1 is 1.29 bits per heavy atom. The number of rotatable bonds is 2. The Kier molecular flexibility index (Phi) is 2.45. The largest absolute Gasteiger partial charge is 0.264 e. The highest BCUT2D eigenvalue weighted by molar-refractivity contribution is 6.29. The minimum absolute atomic E-state index is 0.408. The van der Waals surface area contributed by atoms with Crippen molar-refractivity contribution in [2.24, 2.45) is 0 Å². The van der Waals surface area contributed by atoms with Crippen LogP contribution in [0.3, 0.4) is 0 Å². The van der Waals surface area contributed by atoms with E-state index in [1.54, 1.807) is 12.3 Å². The predicted molar refractivity (Wildman–Crippen MR) is 53.1 cm³/mol. The Morgan fingerprint density at radius 3 is 2.71 bits per heavy atom. The highest BCUT2D eigenvalue weighted by Gasteiger charge is 2.00. The third-order valence-corrected chi connectivity index (χ3v) is 2.13. The van der Waals surface area contributed by atoms with Crippen molar-refractivity contribution in [2.45, 2.75) is 13.5 Å². The van der Waals surface area contributed by atoms with Crippen molar-refractivity contribution >= 4 is 11.6 Å². The lowest BCUT2D eigenvalue weighted by Gasteiger charge is -2.02. The van der Waals surface area contributed by atoms with Crippen molar-refractivity contribution in [1.82, 2.24) is 20.0 Å². The van der Waals surface area contributed by atoms with Gasteiger partial charge in [-0.1, -0.05) is 11.6 Å². The fourth-order valence-electron chi connectivity index (χ4n) is 1.15. The van der Waals surface area contributed by atoms with Crippen LogP contribution in [-0.4, -0.2) is 20.0 Å². The summed E-state index contributed by atoms with van der Waals surface area (Å²) in [6.45, 7) is 2.62. The topological polar surface area (TPSA) is 43.6 Å². The Labute approximate surface area is 86.5 Å². The van der Waals surface area contributed by atoms with Crippen molar-refractivity contribution < 1.29 is 0 Å². The molecule has 0 unspecified atom stereocenters. The first-order valence-corrected chi connectivity index (χ1v) is 4.60. The Hall–Kier alpha value is -1.42. The van der Waals surface area contributed by atoms with Gasteiger partial charge in [0.05, 0.1) is 12.2 Å². The van der Waals surface area contributed by atoms with Gasteiger partial charge in [0.2, 0.25) is 0 Å². The summed E-state index contributed by atoms with van der Waals surface area (Å²) in [5, 5.41) is 12.3. The maximum Gasteiger partial charge on any atom is 0.151 e. The van der Waals surface area contributed by atoms with E-state index >= 15 is 0 Å². The van der Waals surface area contributed by atoms with Crippen molar-refractivity contribution in [1.29, 1.82) is 0 Å². The van der Waals surface area contributed by atoms with Crippen LogP contribution in [0.25, 0.3) is 0 Å². The molecule has 0 saturated heterocycles. The van der Waals surface area contributed by atoms with Gasteiger partial charge in [0.25, 0.3) is 0 Å². The van der Waals surface area contributed by atoms with Crippen LogP contribution in [-0.2, 0) is 6.54 Å². The lowest BCUT2D eigenvalue weighted by Crippen LogP contribution is -2.05.